The van der Waals surface area contributed by atoms with Crippen LogP contribution in [0.3, 0.4) is 0 Å². The van der Waals surface area contributed by atoms with Gasteiger partial charge in [-0.05, 0) is 58.0 Å². The number of hydrogen-bond acceptors (Lipinski definition) is 6. The molecule has 0 aliphatic carbocycles. The fourth-order valence-electron chi connectivity index (χ4n) is 3.91. The summed E-state index contributed by atoms with van der Waals surface area (Å²) in [6, 6.07) is 20.1. The SMILES string of the molecule is S=c1n(CN2CCN(c3ccccn3)CC2)nc(-c2ccc(Br)o2)n1Cc1ccccc1. The van der Waals surface area contributed by atoms with Gasteiger partial charge in [0.05, 0.1) is 13.2 Å². The second-order valence-electron chi connectivity index (χ2n) is 7.72. The lowest BCUT2D eigenvalue weighted by molar-refractivity contribution is 0.194. The average molecular weight is 511 g/mol. The van der Waals surface area contributed by atoms with E-state index in [0.717, 1.165) is 37.8 Å². The Kier molecular flexibility index (Phi) is 6.20. The standard InChI is InChI=1S/C23H23BrN6OS/c24-20-10-9-19(31-20)22-26-30(23(32)29(22)16-18-6-2-1-3-7-18)17-27-12-14-28(15-13-27)21-8-4-5-11-25-21/h1-11H,12-17H2. The van der Waals surface area contributed by atoms with Gasteiger partial charge in [-0.15, -0.1) is 5.10 Å². The summed E-state index contributed by atoms with van der Waals surface area (Å²) < 4.78 is 11.1. The summed E-state index contributed by atoms with van der Waals surface area (Å²) in [6.07, 6.45) is 1.84. The summed E-state index contributed by atoms with van der Waals surface area (Å²) in [5.74, 6) is 2.45. The molecule has 0 unspecified atom stereocenters. The molecule has 3 aromatic heterocycles. The van der Waals surface area contributed by atoms with Crippen molar-refractivity contribution in [3.05, 3.63) is 81.9 Å². The minimum Gasteiger partial charge on any atom is -0.446 e. The van der Waals surface area contributed by atoms with Crippen molar-refractivity contribution >= 4 is 34.0 Å². The number of hydrogen-bond donors (Lipinski definition) is 0. The summed E-state index contributed by atoms with van der Waals surface area (Å²) in [7, 11) is 0. The van der Waals surface area contributed by atoms with E-state index in [-0.39, 0.29) is 0 Å². The number of halogens is 1. The lowest BCUT2D eigenvalue weighted by atomic mass is 10.2. The van der Waals surface area contributed by atoms with Gasteiger partial charge in [-0.2, -0.15) is 0 Å². The summed E-state index contributed by atoms with van der Waals surface area (Å²) in [4.78, 5) is 9.16. The van der Waals surface area contributed by atoms with E-state index in [4.69, 9.17) is 21.7 Å². The first-order valence-corrected chi connectivity index (χ1v) is 11.7. The fraction of sp³-hybridized carbons (Fsp3) is 0.261. The molecule has 9 heteroatoms. The fourth-order valence-corrected chi connectivity index (χ4v) is 4.46. The first-order chi connectivity index (χ1) is 15.7. The Morgan fingerprint density at radius 3 is 2.41 bits per heavy atom. The predicted octanol–water partition coefficient (Wildman–Crippen LogP) is 4.66. The third-order valence-electron chi connectivity index (χ3n) is 5.58. The molecule has 0 saturated carbocycles. The van der Waals surface area contributed by atoms with E-state index in [2.05, 4.69) is 48.9 Å². The number of nitrogens with zero attached hydrogens (tertiary/aromatic N) is 6. The second-order valence-corrected chi connectivity index (χ2v) is 8.86. The van der Waals surface area contributed by atoms with Gasteiger partial charge < -0.3 is 9.32 Å². The summed E-state index contributed by atoms with van der Waals surface area (Å²) >= 11 is 9.25. The van der Waals surface area contributed by atoms with Gasteiger partial charge in [0.1, 0.15) is 5.82 Å². The lowest BCUT2D eigenvalue weighted by Crippen LogP contribution is -2.47. The summed E-state index contributed by atoms with van der Waals surface area (Å²) in [6.45, 7) is 4.98. The van der Waals surface area contributed by atoms with Gasteiger partial charge in [-0.25, -0.2) is 9.67 Å². The Balaban J connectivity index is 1.37. The molecule has 0 bridgehead atoms. The van der Waals surface area contributed by atoms with Gasteiger partial charge in [-0.1, -0.05) is 36.4 Å². The zero-order valence-corrected chi connectivity index (χ0v) is 19.9. The molecule has 0 radical (unpaired) electrons. The molecule has 1 fully saturated rings. The minimum atomic E-state index is 0.640. The van der Waals surface area contributed by atoms with E-state index in [9.17, 15) is 0 Å². The monoisotopic (exact) mass is 510 g/mol. The summed E-state index contributed by atoms with van der Waals surface area (Å²) in [5.41, 5.74) is 1.17. The number of anilines is 1. The Bertz CT molecular complexity index is 1230. The zero-order valence-electron chi connectivity index (χ0n) is 17.5. The van der Waals surface area contributed by atoms with Crippen molar-refractivity contribution in [2.75, 3.05) is 31.1 Å². The molecule has 164 valence electrons. The van der Waals surface area contributed by atoms with Crippen LogP contribution >= 0.6 is 28.1 Å². The third-order valence-corrected chi connectivity index (χ3v) is 6.44. The Hall–Kier alpha value is -2.75. The van der Waals surface area contributed by atoms with E-state index in [1.807, 2.05) is 57.9 Å². The highest BCUT2D eigenvalue weighted by atomic mass is 79.9. The number of rotatable bonds is 6. The Morgan fingerprint density at radius 2 is 1.72 bits per heavy atom. The molecule has 0 amide bonds. The van der Waals surface area contributed by atoms with Crippen molar-refractivity contribution in [2.24, 2.45) is 0 Å². The zero-order chi connectivity index (χ0) is 21.9. The second kappa shape index (κ2) is 9.40. The maximum Gasteiger partial charge on any atom is 0.199 e. The lowest BCUT2D eigenvalue weighted by Gasteiger charge is -2.35. The van der Waals surface area contributed by atoms with Crippen molar-refractivity contribution in [3.63, 3.8) is 0 Å². The molecule has 4 heterocycles. The minimum absolute atomic E-state index is 0.640. The number of furan rings is 1. The average Bonchev–Trinajstić information content (AvgIpc) is 3.39. The molecule has 1 aromatic carbocycles. The quantitative estimate of drug-likeness (QED) is 0.351. The smallest absolute Gasteiger partial charge is 0.199 e. The Morgan fingerprint density at radius 1 is 0.938 bits per heavy atom. The van der Waals surface area contributed by atoms with Gasteiger partial charge >= 0.3 is 0 Å². The number of benzene rings is 1. The maximum atomic E-state index is 5.85. The maximum absolute atomic E-state index is 5.85. The number of aromatic nitrogens is 4. The van der Waals surface area contributed by atoms with Gasteiger partial charge in [0.15, 0.2) is 21.0 Å². The van der Waals surface area contributed by atoms with Crippen molar-refractivity contribution in [2.45, 2.75) is 13.2 Å². The highest BCUT2D eigenvalue weighted by Crippen LogP contribution is 2.25. The van der Waals surface area contributed by atoms with Gasteiger partial charge in [-0.3, -0.25) is 9.47 Å². The molecule has 7 nitrogen and oxygen atoms in total. The van der Waals surface area contributed by atoms with E-state index in [0.29, 0.717) is 28.4 Å². The normalized spacial score (nSPS) is 14.7. The highest BCUT2D eigenvalue weighted by molar-refractivity contribution is 9.10. The number of pyridine rings is 1. The largest absolute Gasteiger partial charge is 0.446 e. The number of piperazine rings is 1. The Labute approximate surface area is 200 Å². The van der Waals surface area contributed by atoms with Crippen LogP contribution in [-0.2, 0) is 13.2 Å². The van der Waals surface area contributed by atoms with Gasteiger partial charge in [0.2, 0.25) is 0 Å². The van der Waals surface area contributed by atoms with Crippen LogP contribution in [0.15, 0.2) is 75.9 Å². The van der Waals surface area contributed by atoms with E-state index < -0.39 is 0 Å². The van der Waals surface area contributed by atoms with Crippen molar-refractivity contribution in [1.29, 1.82) is 0 Å². The van der Waals surface area contributed by atoms with E-state index in [1.54, 1.807) is 0 Å². The molecule has 4 aromatic rings. The molecule has 1 aliphatic rings. The predicted molar refractivity (Wildman–Crippen MR) is 130 cm³/mol. The molecular weight excluding hydrogens is 488 g/mol. The molecule has 0 spiro atoms. The molecule has 1 saturated heterocycles. The molecule has 0 atom stereocenters. The van der Waals surface area contributed by atoms with Crippen molar-refractivity contribution in [1.82, 2.24) is 24.2 Å². The summed E-state index contributed by atoms with van der Waals surface area (Å²) in [5, 5.41) is 4.85. The van der Waals surface area contributed by atoms with Crippen LogP contribution in [0.5, 0.6) is 0 Å². The third kappa shape index (κ3) is 4.55. The van der Waals surface area contributed by atoms with Crippen LogP contribution in [0.25, 0.3) is 11.6 Å². The first kappa shape index (κ1) is 21.1. The van der Waals surface area contributed by atoms with Crippen LogP contribution in [0, 0.1) is 4.77 Å². The molecule has 32 heavy (non-hydrogen) atoms. The molecule has 5 rings (SSSR count). The molecular formula is C23H23BrN6OS. The van der Waals surface area contributed by atoms with Crippen LogP contribution in [0.1, 0.15) is 5.56 Å². The van der Waals surface area contributed by atoms with Crippen LogP contribution < -0.4 is 4.90 Å². The van der Waals surface area contributed by atoms with Crippen molar-refractivity contribution in [3.8, 4) is 11.6 Å². The van der Waals surface area contributed by atoms with E-state index in [1.165, 1.54) is 5.56 Å². The molecule has 0 N–H and O–H groups in total. The van der Waals surface area contributed by atoms with Crippen LogP contribution in [-0.4, -0.2) is 50.4 Å². The topological polar surface area (TPSA) is 55.3 Å². The van der Waals surface area contributed by atoms with Crippen molar-refractivity contribution < 1.29 is 4.42 Å². The first-order valence-electron chi connectivity index (χ1n) is 10.5. The highest BCUT2D eigenvalue weighted by Gasteiger charge is 2.21. The van der Waals surface area contributed by atoms with Crippen LogP contribution in [0.2, 0.25) is 0 Å². The molecule has 1 aliphatic heterocycles. The van der Waals surface area contributed by atoms with Gasteiger partial charge in [0.25, 0.3) is 0 Å². The van der Waals surface area contributed by atoms with Gasteiger partial charge in [0, 0.05) is 32.4 Å². The van der Waals surface area contributed by atoms with Crippen LogP contribution in [0.4, 0.5) is 5.82 Å². The van der Waals surface area contributed by atoms with E-state index >= 15 is 0 Å².